The van der Waals surface area contributed by atoms with Crippen LogP contribution in [0.15, 0.2) is 0 Å². The maximum Gasteiger partial charge on any atom is 0.534 e. The summed E-state index contributed by atoms with van der Waals surface area (Å²) in [5, 5.41) is 0.773. The monoisotopic (exact) mass is 293 g/mol. The molecular formula is C4H8Br2O3P+. The van der Waals surface area contributed by atoms with Gasteiger partial charge in [-0.05, 0) is 4.57 Å². The van der Waals surface area contributed by atoms with E-state index in [9.17, 15) is 4.57 Å². The fourth-order valence-corrected chi connectivity index (χ4v) is 0.939. The Balaban J connectivity index is 3.11. The largest absolute Gasteiger partial charge is 0.534 e. The number of halogens is 2. The van der Waals surface area contributed by atoms with Crippen LogP contribution in [0.1, 0.15) is 0 Å². The van der Waals surface area contributed by atoms with E-state index in [-0.39, 0.29) is 11.2 Å². The number of ether oxygens (including phenoxy) is 1. The molecule has 2 unspecified atom stereocenters. The van der Waals surface area contributed by atoms with E-state index in [1.54, 1.807) is 0 Å². The fourth-order valence-electron chi connectivity index (χ4n) is 0.303. The maximum absolute atomic E-state index is 10.1. The number of alkyl halides is 2. The van der Waals surface area contributed by atoms with Crippen molar-refractivity contribution in [3.05, 3.63) is 0 Å². The van der Waals surface area contributed by atoms with E-state index in [1.807, 2.05) is 0 Å². The molecule has 0 amide bonds. The van der Waals surface area contributed by atoms with Gasteiger partial charge in [0.25, 0.3) is 6.35 Å². The van der Waals surface area contributed by atoms with Crippen LogP contribution in [0.3, 0.4) is 0 Å². The second kappa shape index (κ2) is 6.68. The van der Waals surface area contributed by atoms with Gasteiger partial charge in [0, 0.05) is 10.2 Å². The van der Waals surface area contributed by atoms with Crippen LogP contribution in [-0.4, -0.2) is 28.0 Å². The van der Waals surface area contributed by atoms with Gasteiger partial charge in [-0.25, -0.2) is 0 Å². The van der Waals surface area contributed by atoms with Gasteiger partial charge in [0.2, 0.25) is 0 Å². The molecule has 0 heterocycles. The van der Waals surface area contributed by atoms with E-state index in [4.69, 9.17) is 9.63 Å². The predicted octanol–water partition coefficient (Wildman–Crippen LogP) is 1.85. The lowest BCUT2D eigenvalue weighted by atomic mass is 10.5. The summed E-state index contributed by atoms with van der Waals surface area (Å²) in [7, 11) is -2.14. The molecule has 0 aliphatic heterocycles. The first-order valence-electron chi connectivity index (χ1n) is 2.58. The lowest BCUT2D eigenvalue weighted by molar-refractivity contribution is 0.178. The van der Waals surface area contributed by atoms with E-state index in [1.165, 1.54) is 0 Å². The van der Waals surface area contributed by atoms with E-state index in [2.05, 4.69) is 31.9 Å². The molecule has 0 bridgehead atoms. The van der Waals surface area contributed by atoms with Crippen LogP contribution in [0.4, 0.5) is 0 Å². The molecule has 0 rings (SSSR count). The molecule has 0 aromatic rings. The van der Waals surface area contributed by atoms with Crippen LogP contribution >= 0.6 is 39.9 Å². The summed E-state index contributed by atoms with van der Waals surface area (Å²) in [6.45, 7) is 0.451. The summed E-state index contributed by atoms with van der Waals surface area (Å²) in [5.74, 6) is 0. The molecule has 0 saturated carbocycles. The summed E-state index contributed by atoms with van der Waals surface area (Å²) >= 11 is 6.50. The van der Waals surface area contributed by atoms with Crippen molar-refractivity contribution >= 4 is 39.9 Å². The topological polar surface area (TPSA) is 46.5 Å². The molecule has 10 heavy (non-hydrogen) atoms. The van der Waals surface area contributed by atoms with Gasteiger partial charge in [-0.2, -0.15) is 4.89 Å². The fraction of sp³-hybridized carbons (Fsp3) is 1.00. The Kier molecular flexibility index (Phi) is 7.33. The highest BCUT2D eigenvalue weighted by Gasteiger charge is 2.10. The molecule has 2 atom stereocenters. The molecular weight excluding hydrogens is 287 g/mol. The molecule has 1 N–H and O–H groups in total. The Bertz CT molecular complexity index is 111. The van der Waals surface area contributed by atoms with E-state index in [0.717, 1.165) is 5.33 Å². The quantitative estimate of drug-likeness (QED) is 0.622. The van der Waals surface area contributed by atoms with Crippen molar-refractivity contribution in [2.75, 3.05) is 18.3 Å². The summed E-state index contributed by atoms with van der Waals surface area (Å²) < 4.78 is 14.9. The van der Waals surface area contributed by atoms with Crippen molar-refractivity contribution in [3.63, 3.8) is 0 Å². The summed E-state index contributed by atoms with van der Waals surface area (Å²) in [5.41, 5.74) is 0. The van der Waals surface area contributed by atoms with Gasteiger partial charge in [0.05, 0.1) is 6.61 Å². The molecule has 0 aromatic heterocycles. The lowest BCUT2D eigenvalue weighted by Crippen LogP contribution is -2.09. The summed E-state index contributed by atoms with van der Waals surface area (Å²) in [4.78, 5) is 8.51. The van der Waals surface area contributed by atoms with Gasteiger partial charge in [-0.1, -0.05) is 31.9 Å². The molecule has 0 spiro atoms. The lowest BCUT2D eigenvalue weighted by Gasteiger charge is -2.01. The Morgan fingerprint density at radius 2 is 2.30 bits per heavy atom. The van der Waals surface area contributed by atoms with Gasteiger partial charge >= 0.3 is 8.03 Å². The minimum absolute atomic E-state index is 0.0789. The van der Waals surface area contributed by atoms with Crippen molar-refractivity contribution in [2.24, 2.45) is 0 Å². The smallest absolute Gasteiger partial charge is 0.334 e. The predicted molar refractivity (Wildman–Crippen MR) is 47.2 cm³/mol. The number of hydrogen-bond donors (Lipinski definition) is 1. The average Bonchev–Trinajstić information content (AvgIpc) is 1.87. The second-order valence-corrected chi connectivity index (χ2v) is 4.51. The minimum Gasteiger partial charge on any atom is -0.334 e. The average molecular weight is 295 g/mol. The molecule has 6 heteroatoms. The third-order valence-electron chi connectivity index (χ3n) is 0.668. The highest BCUT2D eigenvalue weighted by molar-refractivity contribution is 9.12. The van der Waals surface area contributed by atoms with E-state index in [0.29, 0.717) is 6.61 Å². The van der Waals surface area contributed by atoms with Crippen molar-refractivity contribution in [1.29, 1.82) is 0 Å². The Hall–Kier alpha value is 0.980. The highest BCUT2D eigenvalue weighted by atomic mass is 79.9. The third kappa shape index (κ3) is 7.09. The normalized spacial score (nSPS) is 14.9. The highest BCUT2D eigenvalue weighted by Crippen LogP contribution is 2.13. The van der Waals surface area contributed by atoms with Crippen molar-refractivity contribution < 1.29 is 14.2 Å². The molecule has 60 valence electrons. The SMILES string of the molecule is O=[P+](O)COCC(Br)CBr. The van der Waals surface area contributed by atoms with Crippen LogP contribution in [0.5, 0.6) is 0 Å². The summed E-state index contributed by atoms with van der Waals surface area (Å²) in [6, 6.07) is 0. The second-order valence-electron chi connectivity index (χ2n) is 1.60. The molecule has 0 aliphatic rings. The van der Waals surface area contributed by atoms with Gasteiger partial charge in [0.15, 0.2) is 0 Å². The maximum atomic E-state index is 10.1. The zero-order valence-electron chi connectivity index (χ0n) is 5.17. The Labute approximate surface area is 77.3 Å². The van der Waals surface area contributed by atoms with Gasteiger partial charge in [-0.15, -0.1) is 0 Å². The minimum atomic E-state index is -2.14. The molecule has 0 fully saturated rings. The first-order valence-corrected chi connectivity index (χ1v) is 6.01. The Morgan fingerprint density at radius 3 is 2.70 bits per heavy atom. The molecule has 0 aliphatic carbocycles. The Morgan fingerprint density at radius 1 is 1.70 bits per heavy atom. The first kappa shape index (κ1) is 11.0. The summed E-state index contributed by atoms with van der Waals surface area (Å²) in [6.07, 6.45) is -0.0789. The number of hydrogen-bond acceptors (Lipinski definition) is 2. The zero-order valence-corrected chi connectivity index (χ0v) is 9.23. The molecule has 0 saturated heterocycles. The van der Waals surface area contributed by atoms with Gasteiger partial charge in [0.1, 0.15) is 0 Å². The van der Waals surface area contributed by atoms with Crippen LogP contribution in [-0.2, 0) is 9.30 Å². The van der Waals surface area contributed by atoms with Crippen LogP contribution in [0, 0.1) is 0 Å². The van der Waals surface area contributed by atoms with E-state index < -0.39 is 8.03 Å². The molecule has 0 aromatic carbocycles. The van der Waals surface area contributed by atoms with Crippen molar-refractivity contribution in [2.45, 2.75) is 4.83 Å². The van der Waals surface area contributed by atoms with Gasteiger partial charge in [-0.3, -0.25) is 0 Å². The van der Waals surface area contributed by atoms with Crippen LogP contribution in [0.2, 0.25) is 0 Å². The van der Waals surface area contributed by atoms with Gasteiger partial charge < -0.3 is 4.74 Å². The number of rotatable bonds is 5. The molecule has 3 nitrogen and oxygen atoms in total. The van der Waals surface area contributed by atoms with Crippen molar-refractivity contribution in [1.82, 2.24) is 0 Å². The van der Waals surface area contributed by atoms with Crippen molar-refractivity contribution in [3.8, 4) is 0 Å². The third-order valence-corrected chi connectivity index (χ3v) is 3.31. The standard InChI is InChI=1S/C4H7Br2O3P/c5-1-4(6)2-9-3-10(7)8/h4H,1-3H2/p+1. The van der Waals surface area contributed by atoms with E-state index >= 15 is 0 Å². The molecule has 0 radical (unpaired) electrons. The zero-order chi connectivity index (χ0) is 7.98. The first-order chi connectivity index (χ1) is 4.66. The van der Waals surface area contributed by atoms with Crippen LogP contribution < -0.4 is 0 Å². The van der Waals surface area contributed by atoms with Crippen LogP contribution in [0.25, 0.3) is 0 Å².